The number of carbonyl (C=O) groups is 2. The average Bonchev–Trinajstić information content (AvgIpc) is 2.32. The van der Waals surface area contributed by atoms with E-state index in [1.54, 1.807) is 4.90 Å². The molecule has 1 heterocycles. The zero-order valence-electron chi connectivity index (χ0n) is 13.0. The van der Waals surface area contributed by atoms with Crippen LogP contribution in [0.4, 0.5) is 0 Å². The molecule has 0 saturated carbocycles. The van der Waals surface area contributed by atoms with Gasteiger partial charge in [-0.15, -0.1) is 0 Å². The Hall–Kier alpha value is -1.06. The molecule has 0 radical (unpaired) electrons. The molecule has 0 spiro atoms. The van der Waals surface area contributed by atoms with Crippen molar-refractivity contribution in [2.75, 3.05) is 6.54 Å². The Bertz CT molecular complexity index is 337. The van der Waals surface area contributed by atoms with E-state index in [0.717, 1.165) is 12.8 Å². The highest BCUT2D eigenvalue weighted by Gasteiger charge is 2.46. The molecule has 19 heavy (non-hydrogen) atoms. The normalized spacial score (nSPS) is 22.8. The van der Waals surface area contributed by atoms with Crippen molar-refractivity contribution in [3.05, 3.63) is 0 Å². The summed E-state index contributed by atoms with van der Waals surface area (Å²) in [5, 5.41) is 2.86. The maximum Gasteiger partial charge on any atom is 0.246 e. The van der Waals surface area contributed by atoms with Crippen LogP contribution in [0.1, 0.15) is 60.3 Å². The lowest BCUT2D eigenvalue weighted by Crippen LogP contribution is -2.69. The second-order valence-electron chi connectivity index (χ2n) is 6.30. The number of rotatable bonds is 6. The average molecular weight is 268 g/mol. The Morgan fingerprint density at radius 1 is 1.21 bits per heavy atom. The molecular formula is C15H28N2O2. The maximum atomic E-state index is 12.5. The Balaban J connectivity index is 2.76. The Kier molecular flexibility index (Phi) is 5.39. The number of hydrogen-bond acceptors (Lipinski definition) is 2. The lowest BCUT2D eigenvalue weighted by Gasteiger charge is -2.45. The monoisotopic (exact) mass is 268 g/mol. The molecule has 1 saturated heterocycles. The first-order valence-corrected chi connectivity index (χ1v) is 7.44. The third kappa shape index (κ3) is 3.48. The molecule has 4 nitrogen and oxygen atoms in total. The van der Waals surface area contributed by atoms with Crippen molar-refractivity contribution in [3.8, 4) is 0 Å². The highest BCUT2D eigenvalue weighted by molar-refractivity contribution is 5.99. The number of hydrogen-bond donors (Lipinski definition) is 1. The van der Waals surface area contributed by atoms with Gasteiger partial charge in [0.25, 0.3) is 0 Å². The smallest absolute Gasteiger partial charge is 0.246 e. The van der Waals surface area contributed by atoms with Crippen LogP contribution in [0.25, 0.3) is 0 Å². The summed E-state index contributed by atoms with van der Waals surface area (Å²) in [6.07, 6.45) is 4.44. The van der Waals surface area contributed by atoms with Gasteiger partial charge in [-0.2, -0.15) is 0 Å². The third-order valence-electron chi connectivity index (χ3n) is 3.95. The van der Waals surface area contributed by atoms with Crippen molar-refractivity contribution >= 4 is 11.8 Å². The molecule has 0 aromatic heterocycles. The lowest BCUT2D eigenvalue weighted by atomic mass is 9.91. The van der Waals surface area contributed by atoms with Crippen LogP contribution in [0.2, 0.25) is 0 Å². The molecule has 1 N–H and O–H groups in total. The fourth-order valence-electron chi connectivity index (χ4n) is 2.48. The van der Waals surface area contributed by atoms with E-state index in [0.29, 0.717) is 6.54 Å². The molecule has 1 rings (SSSR count). The fourth-order valence-corrected chi connectivity index (χ4v) is 2.48. The van der Waals surface area contributed by atoms with E-state index in [-0.39, 0.29) is 23.8 Å². The Morgan fingerprint density at radius 3 is 2.37 bits per heavy atom. The van der Waals surface area contributed by atoms with Gasteiger partial charge in [-0.3, -0.25) is 9.59 Å². The SMILES string of the molecule is CCCCCCN1C(=O)C(C(C)C)NC(=O)C1(C)C. The molecule has 110 valence electrons. The van der Waals surface area contributed by atoms with E-state index in [1.165, 1.54) is 12.8 Å². The number of piperazine rings is 1. The minimum absolute atomic E-state index is 0.0405. The van der Waals surface area contributed by atoms with Gasteiger partial charge in [0.15, 0.2) is 0 Å². The highest BCUT2D eigenvalue weighted by atomic mass is 16.2. The largest absolute Gasteiger partial charge is 0.342 e. The summed E-state index contributed by atoms with van der Waals surface area (Å²) in [4.78, 5) is 26.4. The second kappa shape index (κ2) is 6.40. The number of carbonyl (C=O) groups excluding carboxylic acids is 2. The molecule has 1 aliphatic heterocycles. The minimum Gasteiger partial charge on any atom is -0.342 e. The molecule has 0 bridgehead atoms. The number of amides is 2. The molecular weight excluding hydrogens is 240 g/mol. The van der Waals surface area contributed by atoms with E-state index >= 15 is 0 Å². The zero-order valence-corrected chi connectivity index (χ0v) is 13.0. The van der Waals surface area contributed by atoms with Gasteiger partial charge in [-0.05, 0) is 26.2 Å². The first-order chi connectivity index (χ1) is 8.82. The summed E-state index contributed by atoms with van der Waals surface area (Å²) >= 11 is 0. The van der Waals surface area contributed by atoms with Crippen LogP contribution in [0.3, 0.4) is 0 Å². The van der Waals surface area contributed by atoms with Gasteiger partial charge in [-0.25, -0.2) is 0 Å². The second-order valence-corrected chi connectivity index (χ2v) is 6.30. The number of unbranched alkanes of at least 4 members (excludes halogenated alkanes) is 3. The summed E-state index contributed by atoms with van der Waals surface area (Å²) in [7, 11) is 0. The van der Waals surface area contributed by atoms with Gasteiger partial charge >= 0.3 is 0 Å². The van der Waals surface area contributed by atoms with Crippen molar-refractivity contribution < 1.29 is 9.59 Å². The van der Waals surface area contributed by atoms with Crippen LogP contribution >= 0.6 is 0 Å². The van der Waals surface area contributed by atoms with Crippen molar-refractivity contribution in [3.63, 3.8) is 0 Å². The Labute approximate surface area is 116 Å². The van der Waals surface area contributed by atoms with Crippen LogP contribution in [0.15, 0.2) is 0 Å². The fraction of sp³-hybridized carbons (Fsp3) is 0.867. The highest BCUT2D eigenvalue weighted by Crippen LogP contribution is 2.24. The molecule has 1 unspecified atom stereocenters. The van der Waals surface area contributed by atoms with Gasteiger partial charge in [-0.1, -0.05) is 40.0 Å². The van der Waals surface area contributed by atoms with Crippen LogP contribution < -0.4 is 5.32 Å². The van der Waals surface area contributed by atoms with E-state index in [2.05, 4.69) is 12.2 Å². The molecule has 4 heteroatoms. The van der Waals surface area contributed by atoms with Gasteiger partial charge in [0.1, 0.15) is 11.6 Å². The van der Waals surface area contributed by atoms with Gasteiger partial charge in [0.2, 0.25) is 11.8 Å². The van der Waals surface area contributed by atoms with E-state index in [9.17, 15) is 9.59 Å². The summed E-state index contributed by atoms with van der Waals surface area (Å²) in [5.41, 5.74) is -0.727. The summed E-state index contributed by atoms with van der Waals surface area (Å²) in [5.74, 6) is 0.156. The van der Waals surface area contributed by atoms with Gasteiger partial charge < -0.3 is 10.2 Å². The van der Waals surface area contributed by atoms with Crippen molar-refractivity contribution in [1.82, 2.24) is 10.2 Å². The standard InChI is InChI=1S/C15H28N2O2/c1-6-7-8-9-10-17-13(18)12(11(2)3)16-14(19)15(17,4)5/h11-12H,6-10H2,1-5H3,(H,16,19). The molecule has 1 fully saturated rings. The number of nitrogens with zero attached hydrogens (tertiary/aromatic N) is 1. The molecule has 1 aliphatic rings. The molecule has 0 aliphatic carbocycles. The zero-order chi connectivity index (χ0) is 14.6. The lowest BCUT2D eigenvalue weighted by molar-refractivity contribution is -0.156. The van der Waals surface area contributed by atoms with E-state index in [1.807, 2.05) is 27.7 Å². The maximum absolute atomic E-state index is 12.5. The summed E-state index contributed by atoms with van der Waals surface area (Å²) in [6, 6.07) is -0.369. The van der Waals surface area contributed by atoms with Crippen LogP contribution in [0, 0.1) is 5.92 Å². The predicted octanol–water partition coefficient (Wildman–Crippen LogP) is 2.33. The molecule has 0 aromatic carbocycles. The summed E-state index contributed by atoms with van der Waals surface area (Å²) < 4.78 is 0. The van der Waals surface area contributed by atoms with Crippen LogP contribution in [-0.4, -0.2) is 34.8 Å². The van der Waals surface area contributed by atoms with Crippen molar-refractivity contribution in [2.45, 2.75) is 71.9 Å². The third-order valence-corrected chi connectivity index (χ3v) is 3.95. The summed E-state index contributed by atoms with van der Waals surface area (Å²) in [6.45, 7) is 10.4. The van der Waals surface area contributed by atoms with E-state index in [4.69, 9.17) is 0 Å². The van der Waals surface area contributed by atoms with Gasteiger partial charge in [0, 0.05) is 6.54 Å². The van der Waals surface area contributed by atoms with Gasteiger partial charge in [0.05, 0.1) is 0 Å². The quantitative estimate of drug-likeness (QED) is 0.752. The molecule has 0 aromatic rings. The Morgan fingerprint density at radius 2 is 1.84 bits per heavy atom. The van der Waals surface area contributed by atoms with Crippen LogP contribution in [0.5, 0.6) is 0 Å². The molecule has 2 amide bonds. The minimum atomic E-state index is -0.727. The molecule has 1 atom stereocenters. The number of nitrogens with one attached hydrogen (secondary N) is 1. The predicted molar refractivity (Wildman–Crippen MR) is 76.7 cm³/mol. The van der Waals surface area contributed by atoms with Crippen LogP contribution in [-0.2, 0) is 9.59 Å². The first-order valence-electron chi connectivity index (χ1n) is 7.44. The van der Waals surface area contributed by atoms with Crippen molar-refractivity contribution in [2.24, 2.45) is 5.92 Å². The van der Waals surface area contributed by atoms with E-state index < -0.39 is 5.54 Å². The first kappa shape index (κ1) is 16.0. The topological polar surface area (TPSA) is 49.4 Å². The van der Waals surface area contributed by atoms with Crippen molar-refractivity contribution in [1.29, 1.82) is 0 Å².